The molecule has 0 fully saturated rings. The van der Waals surface area contributed by atoms with Gasteiger partial charge in [0.25, 0.3) is 0 Å². The predicted molar refractivity (Wildman–Crippen MR) is 66.1 cm³/mol. The van der Waals surface area contributed by atoms with Gasteiger partial charge in [-0.05, 0) is 18.6 Å². The molecule has 1 heterocycles. The standard InChI is InChI=1S/C12H11N3S/c1-9-5-3-4-6-11(9)15(2)12-14-8-10(7-13)16-12/h3-6,8H,1-2H3. The number of anilines is 2. The quantitative estimate of drug-likeness (QED) is 0.794. The minimum atomic E-state index is 0.635. The molecule has 0 spiro atoms. The second-order valence-electron chi connectivity index (χ2n) is 3.46. The van der Waals surface area contributed by atoms with E-state index in [9.17, 15) is 0 Å². The van der Waals surface area contributed by atoms with Crippen LogP contribution in [0.1, 0.15) is 10.4 Å². The van der Waals surface area contributed by atoms with Crippen molar-refractivity contribution in [3.63, 3.8) is 0 Å². The lowest BCUT2D eigenvalue weighted by atomic mass is 10.2. The zero-order chi connectivity index (χ0) is 11.5. The van der Waals surface area contributed by atoms with Crippen molar-refractivity contribution in [1.82, 2.24) is 4.98 Å². The number of aryl methyl sites for hydroxylation is 1. The molecular weight excluding hydrogens is 218 g/mol. The third-order valence-electron chi connectivity index (χ3n) is 2.37. The zero-order valence-electron chi connectivity index (χ0n) is 9.14. The molecule has 0 amide bonds. The molecule has 4 heteroatoms. The molecule has 1 aromatic carbocycles. The van der Waals surface area contributed by atoms with E-state index in [0.717, 1.165) is 10.8 Å². The number of nitriles is 1. The first-order valence-corrected chi connectivity index (χ1v) is 5.69. The molecule has 3 nitrogen and oxygen atoms in total. The maximum atomic E-state index is 8.76. The van der Waals surface area contributed by atoms with E-state index in [1.807, 2.05) is 30.1 Å². The molecule has 0 bridgehead atoms. The van der Waals surface area contributed by atoms with Gasteiger partial charge in [-0.2, -0.15) is 5.26 Å². The van der Waals surface area contributed by atoms with E-state index < -0.39 is 0 Å². The Morgan fingerprint density at radius 3 is 2.75 bits per heavy atom. The third kappa shape index (κ3) is 1.90. The summed E-state index contributed by atoms with van der Waals surface area (Å²) in [5.41, 5.74) is 2.31. The molecule has 80 valence electrons. The summed E-state index contributed by atoms with van der Waals surface area (Å²) < 4.78 is 0. The molecule has 0 unspecified atom stereocenters. The largest absolute Gasteiger partial charge is 0.321 e. The highest BCUT2D eigenvalue weighted by molar-refractivity contribution is 7.16. The fraction of sp³-hybridized carbons (Fsp3) is 0.167. The highest BCUT2D eigenvalue weighted by atomic mass is 32.1. The molecule has 0 aliphatic rings. The molecule has 0 aliphatic carbocycles. The maximum Gasteiger partial charge on any atom is 0.190 e. The number of nitrogens with zero attached hydrogens (tertiary/aromatic N) is 3. The summed E-state index contributed by atoms with van der Waals surface area (Å²) >= 11 is 1.40. The van der Waals surface area contributed by atoms with Crippen molar-refractivity contribution >= 4 is 22.2 Å². The highest BCUT2D eigenvalue weighted by Crippen LogP contribution is 2.29. The normalized spacial score (nSPS) is 9.81. The van der Waals surface area contributed by atoms with Crippen LogP contribution in [0.2, 0.25) is 0 Å². The van der Waals surface area contributed by atoms with Crippen LogP contribution in [0, 0.1) is 18.3 Å². The first-order chi connectivity index (χ1) is 7.72. The predicted octanol–water partition coefficient (Wildman–Crippen LogP) is 3.09. The molecule has 0 aliphatic heterocycles. The molecule has 0 saturated carbocycles. The minimum Gasteiger partial charge on any atom is -0.321 e. The van der Waals surface area contributed by atoms with E-state index in [2.05, 4.69) is 24.0 Å². The number of hydrogen-bond donors (Lipinski definition) is 0. The molecule has 2 aromatic rings. The molecule has 1 aromatic heterocycles. The molecule has 16 heavy (non-hydrogen) atoms. The van der Waals surface area contributed by atoms with Gasteiger partial charge in [0.05, 0.1) is 6.20 Å². The molecule has 0 N–H and O–H groups in total. The van der Waals surface area contributed by atoms with Gasteiger partial charge in [-0.25, -0.2) is 4.98 Å². The molecule has 0 saturated heterocycles. The van der Waals surface area contributed by atoms with E-state index in [4.69, 9.17) is 5.26 Å². The topological polar surface area (TPSA) is 39.9 Å². The lowest BCUT2D eigenvalue weighted by Crippen LogP contribution is -2.10. The van der Waals surface area contributed by atoms with Crippen LogP contribution in [-0.4, -0.2) is 12.0 Å². The van der Waals surface area contributed by atoms with Crippen LogP contribution in [0.25, 0.3) is 0 Å². The SMILES string of the molecule is Cc1ccccc1N(C)c1ncc(C#N)s1. The van der Waals surface area contributed by atoms with Gasteiger partial charge in [0.1, 0.15) is 10.9 Å². The summed E-state index contributed by atoms with van der Waals surface area (Å²) in [4.78, 5) is 6.86. The van der Waals surface area contributed by atoms with Gasteiger partial charge in [0, 0.05) is 12.7 Å². The van der Waals surface area contributed by atoms with Gasteiger partial charge in [0.15, 0.2) is 5.13 Å². The highest BCUT2D eigenvalue weighted by Gasteiger charge is 2.10. The number of aromatic nitrogens is 1. The Bertz CT molecular complexity index is 539. The van der Waals surface area contributed by atoms with E-state index >= 15 is 0 Å². The van der Waals surface area contributed by atoms with Gasteiger partial charge in [-0.15, -0.1) is 0 Å². The average Bonchev–Trinajstić information content (AvgIpc) is 2.77. The Hall–Kier alpha value is -1.86. The zero-order valence-corrected chi connectivity index (χ0v) is 9.95. The van der Waals surface area contributed by atoms with Crippen molar-refractivity contribution in [2.75, 3.05) is 11.9 Å². The first-order valence-electron chi connectivity index (χ1n) is 4.87. The lowest BCUT2D eigenvalue weighted by Gasteiger charge is -2.17. The van der Waals surface area contributed by atoms with Crippen LogP contribution >= 0.6 is 11.3 Å². The summed E-state index contributed by atoms with van der Waals surface area (Å²) in [5, 5.41) is 9.60. The Kier molecular flexibility index (Phi) is 2.88. The molecule has 0 atom stereocenters. The summed E-state index contributed by atoms with van der Waals surface area (Å²) in [6.07, 6.45) is 1.61. The summed E-state index contributed by atoms with van der Waals surface area (Å²) in [6.45, 7) is 2.06. The second kappa shape index (κ2) is 4.33. The van der Waals surface area contributed by atoms with Crippen LogP contribution in [0.5, 0.6) is 0 Å². The number of thiazole rings is 1. The van der Waals surface area contributed by atoms with Crippen LogP contribution in [0.4, 0.5) is 10.8 Å². The Morgan fingerprint density at radius 2 is 2.12 bits per heavy atom. The third-order valence-corrected chi connectivity index (χ3v) is 3.35. The van der Waals surface area contributed by atoms with Gasteiger partial charge in [-0.1, -0.05) is 29.5 Å². The van der Waals surface area contributed by atoms with Crippen molar-refractivity contribution in [3.05, 3.63) is 40.9 Å². The smallest absolute Gasteiger partial charge is 0.190 e. The summed E-state index contributed by atoms with van der Waals surface area (Å²) in [7, 11) is 1.96. The summed E-state index contributed by atoms with van der Waals surface area (Å²) in [5.74, 6) is 0. The fourth-order valence-electron chi connectivity index (χ4n) is 1.51. The molecule has 0 radical (unpaired) electrons. The lowest BCUT2D eigenvalue weighted by molar-refractivity contribution is 1.15. The average molecular weight is 229 g/mol. The fourth-order valence-corrected chi connectivity index (χ4v) is 2.20. The van der Waals surface area contributed by atoms with Crippen LogP contribution < -0.4 is 4.90 Å². The maximum absolute atomic E-state index is 8.76. The Labute approximate surface area is 98.6 Å². The first kappa shape index (κ1) is 10.7. The van der Waals surface area contributed by atoms with Crippen LogP contribution in [0.15, 0.2) is 30.5 Å². The number of hydrogen-bond acceptors (Lipinski definition) is 4. The number of para-hydroxylation sites is 1. The minimum absolute atomic E-state index is 0.635. The van der Waals surface area contributed by atoms with Gasteiger partial charge >= 0.3 is 0 Å². The van der Waals surface area contributed by atoms with E-state index in [0.29, 0.717) is 4.88 Å². The second-order valence-corrected chi connectivity index (χ2v) is 4.47. The van der Waals surface area contributed by atoms with Crippen molar-refractivity contribution in [2.45, 2.75) is 6.92 Å². The summed E-state index contributed by atoms with van der Waals surface area (Å²) in [6, 6.07) is 10.2. The van der Waals surface area contributed by atoms with E-state index in [1.54, 1.807) is 6.20 Å². The molecular formula is C12H11N3S. The molecule has 2 rings (SSSR count). The Balaban J connectivity index is 2.36. The van der Waals surface area contributed by atoms with Gasteiger partial charge in [0.2, 0.25) is 0 Å². The van der Waals surface area contributed by atoms with Crippen molar-refractivity contribution in [3.8, 4) is 6.07 Å². The van der Waals surface area contributed by atoms with Gasteiger partial charge < -0.3 is 4.90 Å². The van der Waals surface area contributed by atoms with Crippen molar-refractivity contribution in [2.24, 2.45) is 0 Å². The van der Waals surface area contributed by atoms with E-state index in [1.165, 1.54) is 16.9 Å². The monoisotopic (exact) mass is 229 g/mol. The Morgan fingerprint density at radius 1 is 1.38 bits per heavy atom. The van der Waals surface area contributed by atoms with Gasteiger partial charge in [-0.3, -0.25) is 0 Å². The van der Waals surface area contributed by atoms with Crippen LogP contribution in [-0.2, 0) is 0 Å². The number of rotatable bonds is 2. The van der Waals surface area contributed by atoms with Crippen LogP contribution in [0.3, 0.4) is 0 Å². The van der Waals surface area contributed by atoms with Crippen molar-refractivity contribution in [1.29, 1.82) is 5.26 Å². The van der Waals surface area contributed by atoms with Crippen molar-refractivity contribution < 1.29 is 0 Å². The van der Waals surface area contributed by atoms with E-state index in [-0.39, 0.29) is 0 Å². The number of benzene rings is 1.